The highest BCUT2D eigenvalue weighted by Crippen LogP contribution is 2.06. The van der Waals surface area contributed by atoms with Crippen LogP contribution in [-0.4, -0.2) is 37.6 Å². The van der Waals surface area contributed by atoms with E-state index in [0.29, 0.717) is 6.54 Å². The van der Waals surface area contributed by atoms with Gasteiger partial charge in [-0.05, 0) is 27.9 Å². The van der Waals surface area contributed by atoms with E-state index >= 15 is 0 Å². The average Bonchev–Trinajstić information content (AvgIpc) is 1.88. The van der Waals surface area contributed by atoms with Crippen molar-refractivity contribution in [3.63, 3.8) is 0 Å². The van der Waals surface area contributed by atoms with Crippen molar-refractivity contribution < 1.29 is 0 Å². The number of likely N-dealkylation sites (N-methyl/N-ethyl adjacent to an activating group) is 1. The van der Waals surface area contributed by atoms with Crippen LogP contribution in [0.2, 0.25) is 0 Å². The van der Waals surface area contributed by atoms with Crippen molar-refractivity contribution in [3.05, 3.63) is 0 Å². The lowest BCUT2D eigenvalue weighted by Gasteiger charge is -2.32. The van der Waals surface area contributed by atoms with E-state index in [9.17, 15) is 0 Å². The molecule has 0 saturated heterocycles. The predicted molar refractivity (Wildman–Crippen MR) is 49.5 cm³/mol. The summed E-state index contributed by atoms with van der Waals surface area (Å²) in [4.78, 5) is 2.18. The Labute approximate surface area is 70.0 Å². The van der Waals surface area contributed by atoms with Crippen LogP contribution in [0.25, 0.3) is 0 Å². The van der Waals surface area contributed by atoms with Crippen LogP contribution in [-0.2, 0) is 0 Å². The highest BCUT2D eigenvalue weighted by molar-refractivity contribution is 4.89. The fourth-order valence-electron chi connectivity index (χ4n) is 0.599. The summed E-state index contributed by atoms with van der Waals surface area (Å²) in [6.45, 7) is 5.93. The summed E-state index contributed by atoms with van der Waals surface area (Å²) in [5.74, 6) is 2.55. The minimum Gasteiger partial charge on any atom is -0.304 e. The molecule has 0 aromatic carbocycles. The molecule has 2 nitrogen and oxygen atoms in total. The zero-order valence-electron chi connectivity index (χ0n) is 7.94. The summed E-state index contributed by atoms with van der Waals surface area (Å²) in [5, 5.41) is 3.18. The van der Waals surface area contributed by atoms with Crippen molar-refractivity contribution in [3.8, 4) is 12.3 Å². The normalized spacial score (nSPS) is 11.6. The SMILES string of the molecule is C#CCNCC(C)(C)N(C)C. The number of hydrogen-bond donors (Lipinski definition) is 1. The van der Waals surface area contributed by atoms with Crippen LogP contribution >= 0.6 is 0 Å². The Balaban J connectivity index is 3.66. The maximum atomic E-state index is 5.11. The van der Waals surface area contributed by atoms with Gasteiger partial charge in [0.15, 0.2) is 0 Å². The predicted octanol–water partition coefficient (Wildman–Crippen LogP) is 0.549. The Morgan fingerprint density at radius 1 is 1.45 bits per heavy atom. The van der Waals surface area contributed by atoms with Crippen LogP contribution in [0, 0.1) is 12.3 Å². The molecule has 0 radical (unpaired) electrons. The molecular weight excluding hydrogens is 136 g/mol. The first-order valence-electron chi connectivity index (χ1n) is 3.82. The molecule has 0 aliphatic rings. The van der Waals surface area contributed by atoms with Gasteiger partial charge in [0.25, 0.3) is 0 Å². The van der Waals surface area contributed by atoms with Crippen molar-refractivity contribution in [2.45, 2.75) is 19.4 Å². The van der Waals surface area contributed by atoms with Crippen LogP contribution in [0.5, 0.6) is 0 Å². The molecule has 0 atom stereocenters. The number of rotatable bonds is 4. The van der Waals surface area contributed by atoms with Crippen LogP contribution < -0.4 is 5.32 Å². The maximum Gasteiger partial charge on any atom is 0.0574 e. The number of terminal acetylenes is 1. The monoisotopic (exact) mass is 154 g/mol. The molecule has 0 saturated carbocycles. The van der Waals surface area contributed by atoms with Crippen molar-refractivity contribution in [2.75, 3.05) is 27.2 Å². The molecule has 1 N–H and O–H groups in total. The lowest BCUT2D eigenvalue weighted by atomic mass is 10.0. The second-order valence-corrected chi connectivity index (χ2v) is 3.51. The zero-order chi connectivity index (χ0) is 8.91. The van der Waals surface area contributed by atoms with Gasteiger partial charge in [0.2, 0.25) is 0 Å². The lowest BCUT2D eigenvalue weighted by Crippen LogP contribution is -2.46. The third kappa shape index (κ3) is 4.02. The van der Waals surface area contributed by atoms with Gasteiger partial charge < -0.3 is 10.2 Å². The summed E-state index contributed by atoms with van der Waals surface area (Å²) >= 11 is 0. The Morgan fingerprint density at radius 2 is 2.00 bits per heavy atom. The first-order chi connectivity index (χ1) is 5.00. The summed E-state index contributed by atoms with van der Waals surface area (Å²) < 4.78 is 0. The Kier molecular flexibility index (Phi) is 4.17. The van der Waals surface area contributed by atoms with Gasteiger partial charge in [-0.3, -0.25) is 0 Å². The van der Waals surface area contributed by atoms with E-state index in [1.165, 1.54) is 0 Å². The van der Waals surface area contributed by atoms with E-state index < -0.39 is 0 Å². The molecule has 0 aliphatic heterocycles. The summed E-state index contributed by atoms with van der Waals surface area (Å²) in [7, 11) is 4.13. The van der Waals surface area contributed by atoms with Crippen molar-refractivity contribution >= 4 is 0 Å². The lowest BCUT2D eigenvalue weighted by molar-refractivity contribution is 0.192. The van der Waals surface area contributed by atoms with E-state index in [-0.39, 0.29) is 5.54 Å². The largest absolute Gasteiger partial charge is 0.304 e. The van der Waals surface area contributed by atoms with Gasteiger partial charge in [-0.1, -0.05) is 5.92 Å². The van der Waals surface area contributed by atoms with Gasteiger partial charge in [-0.2, -0.15) is 0 Å². The maximum absolute atomic E-state index is 5.11. The third-order valence-corrected chi connectivity index (χ3v) is 2.00. The highest BCUT2D eigenvalue weighted by Gasteiger charge is 2.18. The second kappa shape index (κ2) is 4.38. The molecule has 64 valence electrons. The second-order valence-electron chi connectivity index (χ2n) is 3.51. The molecule has 0 fully saturated rings. The number of nitrogens with zero attached hydrogens (tertiary/aromatic N) is 1. The number of nitrogens with one attached hydrogen (secondary N) is 1. The Bertz CT molecular complexity index is 142. The third-order valence-electron chi connectivity index (χ3n) is 2.00. The van der Waals surface area contributed by atoms with E-state index in [0.717, 1.165) is 6.54 Å². The van der Waals surface area contributed by atoms with E-state index in [1.54, 1.807) is 0 Å². The van der Waals surface area contributed by atoms with Gasteiger partial charge in [0, 0.05) is 12.1 Å². The molecule has 0 aliphatic carbocycles. The Hall–Kier alpha value is -0.520. The molecule has 0 amide bonds. The summed E-state index contributed by atoms with van der Waals surface area (Å²) in [5.41, 5.74) is 0.177. The van der Waals surface area contributed by atoms with Gasteiger partial charge in [-0.15, -0.1) is 6.42 Å². The van der Waals surface area contributed by atoms with Crippen molar-refractivity contribution in [2.24, 2.45) is 0 Å². The van der Waals surface area contributed by atoms with Gasteiger partial charge >= 0.3 is 0 Å². The first kappa shape index (κ1) is 10.5. The minimum absolute atomic E-state index is 0.177. The summed E-state index contributed by atoms with van der Waals surface area (Å²) in [6.07, 6.45) is 5.11. The topological polar surface area (TPSA) is 15.3 Å². The molecule has 0 aromatic heterocycles. The van der Waals surface area contributed by atoms with E-state index in [1.807, 2.05) is 0 Å². The standard InChI is InChI=1S/C9H18N2/c1-6-7-10-8-9(2,3)11(4)5/h1,10H,7-8H2,2-5H3. The Morgan fingerprint density at radius 3 is 2.36 bits per heavy atom. The molecule has 2 heteroatoms. The van der Waals surface area contributed by atoms with Crippen LogP contribution in [0.15, 0.2) is 0 Å². The fraction of sp³-hybridized carbons (Fsp3) is 0.778. The molecule has 0 rings (SSSR count). The van der Waals surface area contributed by atoms with Crippen LogP contribution in [0.3, 0.4) is 0 Å². The van der Waals surface area contributed by atoms with Crippen LogP contribution in [0.1, 0.15) is 13.8 Å². The first-order valence-corrected chi connectivity index (χ1v) is 3.82. The van der Waals surface area contributed by atoms with E-state index in [4.69, 9.17) is 6.42 Å². The average molecular weight is 154 g/mol. The van der Waals surface area contributed by atoms with Crippen molar-refractivity contribution in [1.82, 2.24) is 10.2 Å². The van der Waals surface area contributed by atoms with Gasteiger partial charge in [0.1, 0.15) is 0 Å². The quantitative estimate of drug-likeness (QED) is 0.470. The highest BCUT2D eigenvalue weighted by atomic mass is 15.2. The molecule has 0 heterocycles. The molecule has 0 spiro atoms. The molecule has 0 aromatic rings. The van der Waals surface area contributed by atoms with Gasteiger partial charge in [0.05, 0.1) is 6.54 Å². The molecule has 0 unspecified atom stereocenters. The van der Waals surface area contributed by atoms with E-state index in [2.05, 4.69) is 44.1 Å². The van der Waals surface area contributed by atoms with Crippen LogP contribution in [0.4, 0.5) is 0 Å². The summed E-state index contributed by atoms with van der Waals surface area (Å²) in [6, 6.07) is 0. The smallest absolute Gasteiger partial charge is 0.0574 e. The molecular formula is C9H18N2. The minimum atomic E-state index is 0.177. The molecule has 11 heavy (non-hydrogen) atoms. The fourth-order valence-corrected chi connectivity index (χ4v) is 0.599. The zero-order valence-corrected chi connectivity index (χ0v) is 7.94. The number of hydrogen-bond acceptors (Lipinski definition) is 2. The molecule has 0 bridgehead atoms. The van der Waals surface area contributed by atoms with Crippen molar-refractivity contribution in [1.29, 1.82) is 0 Å². The van der Waals surface area contributed by atoms with Gasteiger partial charge in [-0.25, -0.2) is 0 Å².